The molecule has 4 aliphatic rings. The first-order valence-electron chi connectivity index (χ1n) is 27.6. The molecule has 10 aromatic carbocycles. The van der Waals surface area contributed by atoms with Gasteiger partial charge in [-0.25, -0.2) is 0 Å². The van der Waals surface area contributed by atoms with Crippen molar-refractivity contribution in [3.63, 3.8) is 0 Å². The molecule has 0 unspecified atom stereocenters. The number of aryl methyl sites for hydroxylation is 2. The largest absolute Gasteiger partial charge is 0.455 e. The average Bonchev–Trinajstić information content (AvgIpc) is 4.11. The van der Waals surface area contributed by atoms with Crippen LogP contribution in [0, 0.1) is 13.8 Å². The van der Waals surface area contributed by atoms with E-state index in [-0.39, 0.29) is 21.7 Å². The van der Waals surface area contributed by atoms with Crippen LogP contribution < -0.4 is 4.90 Å². The number of fused-ring (bicyclic) bond motifs is 22. The summed E-state index contributed by atoms with van der Waals surface area (Å²) in [4.78, 5) is 2.55. The molecular formula is C74H59NO2. The van der Waals surface area contributed by atoms with Gasteiger partial charge in [0.1, 0.15) is 22.3 Å². The lowest BCUT2D eigenvalue weighted by Crippen LogP contribution is -2.24. The van der Waals surface area contributed by atoms with Gasteiger partial charge in [-0.2, -0.15) is 0 Å². The molecule has 0 atom stereocenters. The normalized spacial score (nSPS) is 16.1. The first-order chi connectivity index (χ1) is 37.1. The Kier molecular flexibility index (Phi) is 8.59. The van der Waals surface area contributed by atoms with E-state index in [9.17, 15) is 0 Å². The van der Waals surface area contributed by atoms with Gasteiger partial charge in [0.15, 0.2) is 0 Å². The molecule has 372 valence electrons. The van der Waals surface area contributed by atoms with Gasteiger partial charge in [0, 0.05) is 65.7 Å². The van der Waals surface area contributed by atoms with Gasteiger partial charge in [0.05, 0.1) is 5.69 Å². The highest BCUT2D eigenvalue weighted by Gasteiger charge is 2.49. The van der Waals surface area contributed by atoms with E-state index >= 15 is 0 Å². The number of rotatable bonds is 4. The van der Waals surface area contributed by atoms with E-state index in [1.165, 1.54) is 128 Å². The molecule has 0 N–H and O–H groups in total. The molecule has 2 heterocycles. The number of hydrogen-bond acceptors (Lipinski definition) is 3. The number of anilines is 3. The fourth-order valence-electron chi connectivity index (χ4n) is 15.5. The molecule has 0 aliphatic heterocycles. The van der Waals surface area contributed by atoms with E-state index in [2.05, 4.69) is 250 Å². The van der Waals surface area contributed by atoms with E-state index in [4.69, 9.17) is 8.83 Å². The standard InChI is InChI=1S/C74H59NO2/c1-40-20-19-21-41(2)68(40)75(44-32-35-49-57(38-44)74(9,10)66-62(49)64-51-25-14-18-29-60(51)77-70(64)65-47-23-12-16-27-54(47)73(7,8)67(65)66)43-31-34-48-56(37-43)72(5,6)58-39-52(69-63(61(48)58)50-24-13-17-28-59(50)76-69)42-30-33-46-45-22-11-15-26-53(45)71(3,4)55(46)36-42/h11-39H,1-10H3. The van der Waals surface area contributed by atoms with Gasteiger partial charge in [-0.1, -0.05) is 183 Å². The lowest BCUT2D eigenvalue weighted by molar-refractivity contribution is 0.600. The third-order valence-corrected chi connectivity index (χ3v) is 19.2. The lowest BCUT2D eigenvalue weighted by Gasteiger charge is -2.32. The maximum absolute atomic E-state index is 7.04. The van der Waals surface area contributed by atoms with Crippen molar-refractivity contribution >= 4 is 60.9 Å². The molecule has 0 spiro atoms. The summed E-state index contributed by atoms with van der Waals surface area (Å²) in [6.45, 7) is 23.9. The van der Waals surface area contributed by atoms with Crippen molar-refractivity contribution in [1.82, 2.24) is 0 Å². The topological polar surface area (TPSA) is 29.5 Å². The summed E-state index contributed by atoms with van der Waals surface area (Å²) in [6.07, 6.45) is 0. The molecule has 12 aromatic rings. The summed E-state index contributed by atoms with van der Waals surface area (Å²) in [6, 6.07) is 66.1. The van der Waals surface area contributed by atoms with Crippen LogP contribution in [0.1, 0.15) is 111 Å². The van der Waals surface area contributed by atoms with Gasteiger partial charge in [0.2, 0.25) is 0 Å². The summed E-state index contributed by atoms with van der Waals surface area (Å²) in [5.41, 5.74) is 32.3. The Morgan fingerprint density at radius 3 is 1.48 bits per heavy atom. The molecule has 3 nitrogen and oxygen atoms in total. The van der Waals surface area contributed by atoms with Crippen LogP contribution >= 0.6 is 0 Å². The number of nitrogens with zero attached hydrogens (tertiary/aromatic N) is 1. The van der Waals surface area contributed by atoms with Crippen molar-refractivity contribution in [2.24, 2.45) is 0 Å². The third-order valence-electron chi connectivity index (χ3n) is 19.2. The Balaban J connectivity index is 0.896. The lowest BCUT2D eigenvalue weighted by atomic mass is 9.72. The monoisotopic (exact) mass is 993 g/mol. The molecule has 77 heavy (non-hydrogen) atoms. The molecule has 0 saturated heterocycles. The highest BCUT2D eigenvalue weighted by atomic mass is 16.3. The average molecular weight is 994 g/mol. The SMILES string of the molecule is Cc1cccc(C)c1N(c1ccc2c(c1)C(C)(C)c1cc(-c3ccc4c(c3)C(C)(C)c3ccccc3-4)c3oc4ccccc4c3c1-2)c1ccc2c(c1)C(C)(C)c1c3c(c4oc5ccccc5c4c1-2)-c1ccccc1C3(C)C. The summed E-state index contributed by atoms with van der Waals surface area (Å²) in [5.74, 6) is 0. The quantitative estimate of drug-likeness (QED) is 0.176. The molecule has 0 amide bonds. The number of hydrogen-bond donors (Lipinski definition) is 0. The highest BCUT2D eigenvalue weighted by molar-refractivity contribution is 6.22. The highest BCUT2D eigenvalue weighted by Crippen LogP contribution is 2.64. The fourth-order valence-corrected chi connectivity index (χ4v) is 15.5. The predicted molar refractivity (Wildman–Crippen MR) is 321 cm³/mol. The Bertz CT molecular complexity index is 4640. The summed E-state index contributed by atoms with van der Waals surface area (Å²) in [5, 5.41) is 4.74. The van der Waals surface area contributed by atoms with Crippen LogP contribution in [0.4, 0.5) is 17.1 Å². The Labute approximate surface area is 450 Å². The van der Waals surface area contributed by atoms with Crippen molar-refractivity contribution in [3.05, 3.63) is 232 Å². The van der Waals surface area contributed by atoms with Gasteiger partial charge < -0.3 is 13.7 Å². The van der Waals surface area contributed by atoms with Gasteiger partial charge >= 0.3 is 0 Å². The second-order valence-electron chi connectivity index (χ2n) is 24.8. The zero-order valence-electron chi connectivity index (χ0n) is 45.5. The van der Waals surface area contributed by atoms with Crippen LogP contribution in [0.15, 0.2) is 185 Å². The molecular weight excluding hydrogens is 935 g/mol. The van der Waals surface area contributed by atoms with Crippen LogP contribution in [0.3, 0.4) is 0 Å². The van der Waals surface area contributed by atoms with Crippen LogP contribution in [-0.2, 0) is 21.7 Å². The van der Waals surface area contributed by atoms with Gasteiger partial charge in [-0.3, -0.25) is 0 Å². The Morgan fingerprint density at radius 1 is 0.338 bits per heavy atom. The van der Waals surface area contributed by atoms with E-state index in [0.29, 0.717) is 0 Å². The van der Waals surface area contributed by atoms with Crippen molar-refractivity contribution in [2.45, 2.75) is 90.9 Å². The minimum atomic E-state index is -0.342. The van der Waals surface area contributed by atoms with Crippen LogP contribution in [0.5, 0.6) is 0 Å². The first kappa shape index (κ1) is 44.9. The minimum Gasteiger partial charge on any atom is -0.455 e. The van der Waals surface area contributed by atoms with Crippen LogP contribution in [-0.4, -0.2) is 0 Å². The zero-order chi connectivity index (χ0) is 52.4. The number of benzene rings is 10. The number of furan rings is 2. The predicted octanol–water partition coefficient (Wildman–Crippen LogP) is 20.5. The Morgan fingerprint density at radius 2 is 0.805 bits per heavy atom. The molecule has 3 heteroatoms. The van der Waals surface area contributed by atoms with E-state index in [0.717, 1.165) is 44.7 Å². The maximum Gasteiger partial charge on any atom is 0.144 e. The zero-order valence-corrected chi connectivity index (χ0v) is 45.5. The van der Waals surface area contributed by atoms with Crippen molar-refractivity contribution < 1.29 is 8.83 Å². The first-order valence-corrected chi connectivity index (χ1v) is 27.6. The van der Waals surface area contributed by atoms with E-state index in [1.807, 2.05) is 0 Å². The van der Waals surface area contributed by atoms with E-state index < -0.39 is 0 Å². The van der Waals surface area contributed by atoms with Gasteiger partial charge in [-0.05, 0) is 163 Å². The Hall–Kier alpha value is -8.40. The molecule has 16 rings (SSSR count). The molecule has 4 aliphatic carbocycles. The van der Waals surface area contributed by atoms with Crippen molar-refractivity contribution in [3.8, 4) is 55.6 Å². The number of para-hydroxylation sites is 3. The van der Waals surface area contributed by atoms with Crippen LogP contribution in [0.2, 0.25) is 0 Å². The molecule has 0 saturated carbocycles. The van der Waals surface area contributed by atoms with Gasteiger partial charge in [0.25, 0.3) is 0 Å². The van der Waals surface area contributed by atoms with E-state index in [1.54, 1.807) is 0 Å². The van der Waals surface area contributed by atoms with Crippen molar-refractivity contribution in [1.29, 1.82) is 0 Å². The molecule has 0 fully saturated rings. The second-order valence-corrected chi connectivity index (χ2v) is 24.8. The fraction of sp³-hybridized carbons (Fsp3) is 0.189. The molecule has 0 radical (unpaired) electrons. The second kappa shape index (κ2) is 14.7. The van der Waals surface area contributed by atoms with Crippen LogP contribution in [0.25, 0.3) is 99.5 Å². The summed E-state index contributed by atoms with van der Waals surface area (Å²) < 4.78 is 14.1. The third kappa shape index (κ3) is 5.57. The smallest absolute Gasteiger partial charge is 0.144 e. The molecule has 2 aromatic heterocycles. The van der Waals surface area contributed by atoms with Gasteiger partial charge in [-0.15, -0.1) is 0 Å². The minimum absolute atomic E-state index is 0.123. The maximum atomic E-state index is 7.04. The summed E-state index contributed by atoms with van der Waals surface area (Å²) in [7, 11) is 0. The van der Waals surface area contributed by atoms with Crippen molar-refractivity contribution in [2.75, 3.05) is 4.90 Å². The molecule has 0 bridgehead atoms. The summed E-state index contributed by atoms with van der Waals surface area (Å²) >= 11 is 0.